The van der Waals surface area contributed by atoms with Crippen molar-refractivity contribution in [2.45, 2.75) is 39.0 Å². The molecule has 0 radical (unpaired) electrons. The van der Waals surface area contributed by atoms with Gasteiger partial charge in [-0.15, -0.1) is 0 Å². The minimum Gasteiger partial charge on any atom is -0.376 e. The zero-order valence-corrected chi connectivity index (χ0v) is 11.1. The molecule has 1 rings (SSSR count). The van der Waals surface area contributed by atoms with Crippen LogP contribution in [-0.4, -0.2) is 67.8 Å². The third kappa shape index (κ3) is 3.70. The number of hydrogen-bond donors (Lipinski definition) is 1. The average Bonchev–Trinajstić information content (AvgIpc) is 2.25. The summed E-state index contributed by atoms with van der Waals surface area (Å²) in [4.78, 5) is 4.91. The first-order valence-corrected chi connectivity index (χ1v) is 6.34. The van der Waals surface area contributed by atoms with Crippen molar-refractivity contribution >= 4 is 0 Å². The minimum absolute atomic E-state index is 0.188. The lowest BCUT2D eigenvalue weighted by molar-refractivity contribution is 0.00192. The van der Waals surface area contributed by atoms with Gasteiger partial charge in [0.25, 0.3) is 0 Å². The summed E-state index contributed by atoms with van der Waals surface area (Å²) < 4.78 is 5.61. The van der Waals surface area contributed by atoms with E-state index in [4.69, 9.17) is 10.5 Å². The molecule has 0 aromatic rings. The van der Waals surface area contributed by atoms with Gasteiger partial charge < -0.3 is 10.5 Å². The summed E-state index contributed by atoms with van der Waals surface area (Å²) in [7, 11) is 2.20. The minimum atomic E-state index is 0.188. The lowest BCUT2D eigenvalue weighted by Gasteiger charge is -2.43. The molecule has 2 N–H and O–H groups in total. The molecule has 1 aliphatic heterocycles. The molecule has 4 nitrogen and oxygen atoms in total. The quantitative estimate of drug-likeness (QED) is 0.740. The fraction of sp³-hybridized carbons (Fsp3) is 1.00. The highest BCUT2D eigenvalue weighted by Crippen LogP contribution is 2.13. The van der Waals surface area contributed by atoms with Crippen LogP contribution in [0.1, 0.15) is 20.8 Å². The second-order valence-corrected chi connectivity index (χ2v) is 4.90. The van der Waals surface area contributed by atoms with Crippen LogP contribution in [0.25, 0.3) is 0 Å². The largest absolute Gasteiger partial charge is 0.376 e. The molecule has 1 saturated heterocycles. The van der Waals surface area contributed by atoms with Gasteiger partial charge in [-0.25, -0.2) is 0 Å². The van der Waals surface area contributed by atoms with Gasteiger partial charge in [-0.1, -0.05) is 0 Å². The molecule has 96 valence electrons. The van der Waals surface area contributed by atoms with E-state index in [9.17, 15) is 0 Å². The maximum atomic E-state index is 5.71. The summed E-state index contributed by atoms with van der Waals surface area (Å²) in [6, 6.07) is 1.23. The Hall–Kier alpha value is -0.160. The number of rotatable bonds is 5. The molecule has 0 aromatic carbocycles. The summed E-state index contributed by atoms with van der Waals surface area (Å²) >= 11 is 0. The Kier molecular flexibility index (Phi) is 5.69. The van der Waals surface area contributed by atoms with Crippen molar-refractivity contribution in [3.63, 3.8) is 0 Å². The Labute approximate surface area is 99.7 Å². The normalized spacial score (nSPS) is 30.6. The average molecular weight is 229 g/mol. The molecule has 0 amide bonds. The van der Waals surface area contributed by atoms with Crippen molar-refractivity contribution in [2.24, 2.45) is 5.73 Å². The van der Waals surface area contributed by atoms with Crippen molar-refractivity contribution in [1.29, 1.82) is 0 Å². The molecular weight excluding hydrogens is 202 g/mol. The van der Waals surface area contributed by atoms with E-state index in [2.05, 4.69) is 30.7 Å². The standard InChI is InChI=1S/C12H27N3O/c1-5-16-12(6-13)9-15-7-10(2)14(4)11(3)8-15/h10-12H,5-9,13H2,1-4H3. The van der Waals surface area contributed by atoms with Gasteiger partial charge >= 0.3 is 0 Å². The van der Waals surface area contributed by atoms with Crippen LogP contribution >= 0.6 is 0 Å². The summed E-state index contributed by atoms with van der Waals surface area (Å²) in [5.41, 5.74) is 5.71. The lowest BCUT2D eigenvalue weighted by Crippen LogP contribution is -2.56. The molecule has 0 saturated carbocycles. The van der Waals surface area contributed by atoms with E-state index in [1.165, 1.54) is 0 Å². The summed E-state index contributed by atoms with van der Waals surface area (Å²) in [6.45, 7) is 11.1. The maximum absolute atomic E-state index is 5.71. The predicted molar refractivity (Wildman–Crippen MR) is 67.6 cm³/mol. The number of ether oxygens (including phenoxy) is 1. The number of piperazine rings is 1. The highest BCUT2D eigenvalue weighted by atomic mass is 16.5. The van der Waals surface area contributed by atoms with Crippen molar-refractivity contribution in [3.8, 4) is 0 Å². The molecular formula is C12H27N3O. The summed E-state index contributed by atoms with van der Waals surface area (Å²) in [5, 5.41) is 0. The molecule has 16 heavy (non-hydrogen) atoms. The van der Waals surface area contributed by atoms with Crippen LogP contribution in [0.3, 0.4) is 0 Å². The molecule has 0 aromatic heterocycles. The molecule has 3 unspecified atom stereocenters. The highest BCUT2D eigenvalue weighted by molar-refractivity contribution is 4.84. The smallest absolute Gasteiger partial charge is 0.0823 e. The number of nitrogens with zero attached hydrogens (tertiary/aromatic N) is 2. The zero-order valence-electron chi connectivity index (χ0n) is 11.1. The van der Waals surface area contributed by atoms with E-state index < -0.39 is 0 Å². The van der Waals surface area contributed by atoms with Crippen molar-refractivity contribution < 1.29 is 4.74 Å². The van der Waals surface area contributed by atoms with E-state index in [0.29, 0.717) is 18.6 Å². The van der Waals surface area contributed by atoms with Gasteiger partial charge in [-0.05, 0) is 27.8 Å². The lowest BCUT2D eigenvalue weighted by atomic mass is 10.1. The Morgan fingerprint density at radius 3 is 2.31 bits per heavy atom. The van der Waals surface area contributed by atoms with Gasteiger partial charge in [-0.3, -0.25) is 9.80 Å². The monoisotopic (exact) mass is 229 g/mol. The number of nitrogens with two attached hydrogens (primary N) is 1. The van der Waals surface area contributed by atoms with Gasteiger partial charge in [0, 0.05) is 44.9 Å². The summed E-state index contributed by atoms with van der Waals surface area (Å²) in [5.74, 6) is 0. The van der Waals surface area contributed by atoms with E-state index in [-0.39, 0.29) is 6.10 Å². The number of hydrogen-bond acceptors (Lipinski definition) is 4. The Morgan fingerprint density at radius 1 is 1.31 bits per heavy atom. The molecule has 4 heteroatoms. The van der Waals surface area contributed by atoms with Crippen LogP contribution < -0.4 is 5.73 Å². The van der Waals surface area contributed by atoms with Gasteiger partial charge in [0.2, 0.25) is 0 Å². The highest BCUT2D eigenvalue weighted by Gasteiger charge is 2.27. The second-order valence-electron chi connectivity index (χ2n) is 4.90. The van der Waals surface area contributed by atoms with Crippen molar-refractivity contribution in [3.05, 3.63) is 0 Å². The second kappa shape index (κ2) is 6.55. The van der Waals surface area contributed by atoms with Gasteiger partial charge in [0.05, 0.1) is 6.10 Å². The molecule has 1 heterocycles. The third-order valence-electron chi connectivity index (χ3n) is 3.56. The topological polar surface area (TPSA) is 41.7 Å². The predicted octanol–water partition coefficient (Wildman–Crippen LogP) is 0.375. The van der Waals surface area contributed by atoms with Crippen molar-refractivity contribution in [1.82, 2.24) is 9.80 Å². The van der Waals surface area contributed by atoms with E-state index in [1.807, 2.05) is 6.92 Å². The maximum Gasteiger partial charge on any atom is 0.0823 e. The van der Waals surface area contributed by atoms with E-state index >= 15 is 0 Å². The van der Waals surface area contributed by atoms with Gasteiger partial charge in [-0.2, -0.15) is 0 Å². The van der Waals surface area contributed by atoms with E-state index in [1.54, 1.807) is 0 Å². The van der Waals surface area contributed by atoms with E-state index in [0.717, 1.165) is 26.2 Å². The SMILES string of the molecule is CCOC(CN)CN1CC(C)N(C)C(C)C1. The molecule has 3 atom stereocenters. The first kappa shape index (κ1) is 13.9. The van der Waals surface area contributed by atoms with Crippen LogP contribution in [-0.2, 0) is 4.74 Å². The summed E-state index contributed by atoms with van der Waals surface area (Å²) in [6.07, 6.45) is 0.188. The molecule has 0 bridgehead atoms. The number of likely N-dealkylation sites (N-methyl/N-ethyl adjacent to an activating group) is 1. The van der Waals surface area contributed by atoms with Crippen molar-refractivity contribution in [2.75, 3.05) is 39.8 Å². The zero-order chi connectivity index (χ0) is 12.1. The molecule has 0 spiro atoms. The molecule has 1 aliphatic rings. The van der Waals surface area contributed by atoms with Crippen LogP contribution in [0.4, 0.5) is 0 Å². The third-order valence-corrected chi connectivity index (χ3v) is 3.56. The first-order chi connectivity index (χ1) is 7.58. The van der Waals surface area contributed by atoms with Crippen LogP contribution in [0.5, 0.6) is 0 Å². The first-order valence-electron chi connectivity index (χ1n) is 6.34. The van der Waals surface area contributed by atoms with Crippen LogP contribution in [0.15, 0.2) is 0 Å². The molecule has 0 aliphatic carbocycles. The Bertz CT molecular complexity index is 189. The van der Waals surface area contributed by atoms with Gasteiger partial charge in [0.1, 0.15) is 0 Å². The van der Waals surface area contributed by atoms with Crippen LogP contribution in [0.2, 0.25) is 0 Å². The Balaban J connectivity index is 2.42. The Morgan fingerprint density at radius 2 is 1.88 bits per heavy atom. The van der Waals surface area contributed by atoms with Crippen LogP contribution in [0, 0.1) is 0 Å². The fourth-order valence-corrected chi connectivity index (χ4v) is 2.38. The fourth-order valence-electron chi connectivity index (χ4n) is 2.38. The van der Waals surface area contributed by atoms with Gasteiger partial charge in [0.15, 0.2) is 0 Å². The molecule has 1 fully saturated rings.